The van der Waals surface area contributed by atoms with Crippen LogP contribution in [-0.2, 0) is 22.4 Å². The first-order valence-electron chi connectivity index (χ1n) is 8.09. The number of imide groups is 1. The highest BCUT2D eigenvalue weighted by atomic mass is 32.1. The number of carbonyl (C=O) groups excluding carboxylic acids is 3. The van der Waals surface area contributed by atoms with Crippen molar-refractivity contribution in [2.24, 2.45) is 0 Å². The first-order valence-corrected chi connectivity index (χ1v) is 8.90. The molecule has 0 unspecified atom stereocenters. The number of esters is 1. The number of urea groups is 1. The molecule has 8 heteroatoms. The smallest absolute Gasteiger partial charge is 0.348 e. The zero-order valence-corrected chi connectivity index (χ0v) is 15.0. The predicted molar refractivity (Wildman–Crippen MR) is 96.8 cm³/mol. The molecule has 2 N–H and O–H groups in total. The number of amides is 3. The molecule has 3 rings (SSSR count). The fraction of sp³-hybridized carbons (Fsp3) is 0.278. The second kappa shape index (κ2) is 8.01. The van der Waals surface area contributed by atoms with Crippen molar-refractivity contribution >= 4 is 34.9 Å². The monoisotopic (exact) mass is 374 g/mol. The van der Waals surface area contributed by atoms with Gasteiger partial charge in [-0.1, -0.05) is 0 Å². The Balaban J connectivity index is 1.44. The third-order valence-electron chi connectivity index (χ3n) is 3.88. The molecule has 0 fully saturated rings. The first-order chi connectivity index (χ1) is 12.5. The molecule has 0 spiro atoms. The summed E-state index contributed by atoms with van der Waals surface area (Å²) in [6.45, 7) is -0.516. The quantitative estimate of drug-likeness (QED) is 0.785. The molecule has 136 valence electrons. The molecule has 2 aromatic rings. The lowest BCUT2D eigenvalue weighted by atomic mass is 10.2. The summed E-state index contributed by atoms with van der Waals surface area (Å²) >= 11 is 1.40. The maximum atomic E-state index is 12.0. The standard InChI is InChI=1S/C18H18N2O5S/c1-24-13-7-5-12(6-8-13)19-18(23)20-16(21)10-25-17(22)15-9-11-3-2-4-14(11)26-15/h5-9H,2-4,10H2,1H3,(H2,19,20,21,23). The van der Waals surface area contributed by atoms with Gasteiger partial charge in [0, 0.05) is 10.6 Å². The molecular weight excluding hydrogens is 356 g/mol. The van der Waals surface area contributed by atoms with Gasteiger partial charge in [-0.3, -0.25) is 10.1 Å². The molecule has 3 amide bonds. The highest BCUT2D eigenvalue weighted by Crippen LogP contribution is 2.30. The minimum absolute atomic E-state index is 0.491. The average Bonchev–Trinajstić information content (AvgIpc) is 3.22. The number of aryl methyl sites for hydroxylation is 2. The molecule has 0 radical (unpaired) electrons. The van der Waals surface area contributed by atoms with E-state index in [2.05, 4.69) is 10.6 Å². The van der Waals surface area contributed by atoms with E-state index in [0.717, 1.165) is 19.3 Å². The zero-order valence-electron chi connectivity index (χ0n) is 14.2. The van der Waals surface area contributed by atoms with E-state index >= 15 is 0 Å². The maximum Gasteiger partial charge on any atom is 0.348 e. The number of hydrogen-bond donors (Lipinski definition) is 2. The molecule has 7 nitrogen and oxygen atoms in total. The third-order valence-corrected chi connectivity index (χ3v) is 5.10. The van der Waals surface area contributed by atoms with Crippen molar-refractivity contribution in [2.45, 2.75) is 19.3 Å². The van der Waals surface area contributed by atoms with Gasteiger partial charge in [0.2, 0.25) is 0 Å². The van der Waals surface area contributed by atoms with Crippen molar-refractivity contribution in [3.8, 4) is 5.75 Å². The van der Waals surface area contributed by atoms with E-state index in [4.69, 9.17) is 9.47 Å². The molecular formula is C18H18N2O5S. The minimum atomic E-state index is -0.702. The summed E-state index contributed by atoms with van der Waals surface area (Å²) in [5.41, 5.74) is 1.69. The largest absolute Gasteiger partial charge is 0.497 e. The van der Waals surface area contributed by atoms with Crippen molar-refractivity contribution in [1.29, 1.82) is 0 Å². The number of thiophene rings is 1. The fourth-order valence-electron chi connectivity index (χ4n) is 2.63. The fourth-order valence-corrected chi connectivity index (χ4v) is 3.78. The van der Waals surface area contributed by atoms with Crippen molar-refractivity contribution < 1.29 is 23.9 Å². The van der Waals surface area contributed by atoms with Crippen LogP contribution in [0.4, 0.5) is 10.5 Å². The summed E-state index contributed by atoms with van der Waals surface area (Å²) in [6.07, 6.45) is 3.08. The van der Waals surface area contributed by atoms with Crippen LogP contribution in [0.2, 0.25) is 0 Å². The Bertz CT molecular complexity index is 807. The van der Waals surface area contributed by atoms with Crippen LogP contribution in [0.5, 0.6) is 5.75 Å². The molecule has 26 heavy (non-hydrogen) atoms. The molecule has 0 bridgehead atoms. The number of anilines is 1. The molecule has 1 heterocycles. The highest BCUT2D eigenvalue weighted by Gasteiger charge is 2.20. The minimum Gasteiger partial charge on any atom is -0.497 e. The van der Waals surface area contributed by atoms with Crippen molar-refractivity contribution in [3.05, 3.63) is 45.6 Å². The summed E-state index contributed by atoms with van der Waals surface area (Å²) in [7, 11) is 1.54. The van der Waals surface area contributed by atoms with Gasteiger partial charge in [0.05, 0.1) is 7.11 Å². The summed E-state index contributed by atoms with van der Waals surface area (Å²) in [5, 5.41) is 4.61. The van der Waals surface area contributed by atoms with Gasteiger partial charge >= 0.3 is 12.0 Å². The number of rotatable bonds is 5. The Labute approximate surface area is 154 Å². The van der Waals surface area contributed by atoms with Crippen LogP contribution in [0.1, 0.15) is 26.5 Å². The van der Waals surface area contributed by atoms with Gasteiger partial charge < -0.3 is 14.8 Å². The van der Waals surface area contributed by atoms with Crippen molar-refractivity contribution in [2.75, 3.05) is 19.0 Å². The van der Waals surface area contributed by atoms with E-state index in [0.29, 0.717) is 16.3 Å². The Morgan fingerprint density at radius 2 is 1.92 bits per heavy atom. The average molecular weight is 374 g/mol. The van der Waals surface area contributed by atoms with E-state index in [1.807, 2.05) is 6.07 Å². The summed E-state index contributed by atoms with van der Waals surface area (Å²) in [5.74, 6) is -0.595. The maximum absolute atomic E-state index is 12.0. The van der Waals surface area contributed by atoms with E-state index < -0.39 is 24.5 Å². The number of methoxy groups -OCH3 is 1. The third kappa shape index (κ3) is 4.40. The molecule has 0 saturated heterocycles. The van der Waals surface area contributed by atoms with Gasteiger partial charge in [-0.05, 0) is 55.2 Å². The number of benzene rings is 1. The molecule has 1 aliphatic carbocycles. The van der Waals surface area contributed by atoms with Gasteiger partial charge in [0.15, 0.2) is 6.61 Å². The molecule has 1 aromatic heterocycles. The first kappa shape index (κ1) is 17.9. The SMILES string of the molecule is COc1ccc(NC(=O)NC(=O)COC(=O)c2cc3c(s2)CCC3)cc1. The molecule has 0 aliphatic heterocycles. The zero-order chi connectivity index (χ0) is 18.5. The normalized spacial score (nSPS) is 12.2. The van der Waals surface area contributed by atoms with E-state index in [1.54, 1.807) is 31.4 Å². The Morgan fingerprint density at radius 1 is 1.15 bits per heavy atom. The molecule has 1 aromatic carbocycles. The Morgan fingerprint density at radius 3 is 2.62 bits per heavy atom. The lowest BCUT2D eigenvalue weighted by molar-refractivity contribution is -0.123. The summed E-state index contributed by atoms with van der Waals surface area (Å²) < 4.78 is 9.99. The number of carbonyl (C=O) groups is 3. The van der Waals surface area contributed by atoms with Crippen LogP contribution in [-0.4, -0.2) is 31.6 Å². The molecule has 0 saturated carbocycles. The second-order valence-electron chi connectivity index (χ2n) is 5.72. The number of ether oxygens (including phenoxy) is 2. The van der Waals surface area contributed by atoms with Crippen LogP contribution < -0.4 is 15.4 Å². The topological polar surface area (TPSA) is 93.7 Å². The van der Waals surface area contributed by atoms with Gasteiger partial charge in [-0.25, -0.2) is 9.59 Å². The summed E-state index contributed by atoms with van der Waals surface area (Å²) in [4.78, 5) is 37.2. The number of fused-ring (bicyclic) bond motifs is 1. The van der Waals surface area contributed by atoms with E-state index in [-0.39, 0.29) is 0 Å². The van der Waals surface area contributed by atoms with Crippen LogP contribution in [0.25, 0.3) is 0 Å². The number of hydrogen-bond acceptors (Lipinski definition) is 6. The van der Waals surface area contributed by atoms with Crippen molar-refractivity contribution in [3.63, 3.8) is 0 Å². The van der Waals surface area contributed by atoms with Gasteiger partial charge in [-0.2, -0.15) is 0 Å². The highest BCUT2D eigenvalue weighted by molar-refractivity contribution is 7.14. The number of nitrogens with one attached hydrogen (secondary N) is 2. The lowest BCUT2D eigenvalue weighted by Gasteiger charge is -2.08. The Kier molecular flexibility index (Phi) is 5.52. The van der Waals surface area contributed by atoms with Crippen molar-refractivity contribution in [1.82, 2.24) is 5.32 Å². The predicted octanol–water partition coefficient (Wildman–Crippen LogP) is 2.75. The van der Waals surface area contributed by atoms with E-state index in [9.17, 15) is 14.4 Å². The van der Waals surface area contributed by atoms with Crippen LogP contribution in [0.3, 0.4) is 0 Å². The van der Waals surface area contributed by atoms with Crippen LogP contribution in [0, 0.1) is 0 Å². The van der Waals surface area contributed by atoms with Crippen LogP contribution >= 0.6 is 11.3 Å². The molecule has 0 atom stereocenters. The summed E-state index contributed by atoms with van der Waals surface area (Å²) in [6, 6.07) is 7.75. The van der Waals surface area contributed by atoms with Crippen LogP contribution in [0.15, 0.2) is 30.3 Å². The lowest BCUT2D eigenvalue weighted by Crippen LogP contribution is -2.37. The molecule has 1 aliphatic rings. The van der Waals surface area contributed by atoms with Gasteiger partial charge in [-0.15, -0.1) is 11.3 Å². The Hall–Kier alpha value is -2.87. The van der Waals surface area contributed by atoms with Gasteiger partial charge in [0.1, 0.15) is 10.6 Å². The van der Waals surface area contributed by atoms with E-state index in [1.165, 1.54) is 21.8 Å². The second-order valence-corrected chi connectivity index (χ2v) is 6.86. The van der Waals surface area contributed by atoms with Gasteiger partial charge in [0.25, 0.3) is 5.91 Å².